The van der Waals surface area contributed by atoms with Crippen LogP contribution < -0.4 is 5.19 Å². The van der Waals surface area contributed by atoms with E-state index in [1.807, 2.05) is 0 Å². The number of hydrogen-bond donors (Lipinski definition) is 0. The molecule has 2 nitrogen and oxygen atoms in total. The molecule has 3 aromatic carbocycles. The lowest BCUT2D eigenvalue weighted by atomic mass is 10.0. The number of benzene rings is 3. The highest BCUT2D eigenvalue weighted by molar-refractivity contribution is 7.07. The standard InChI is InChI=1S/C26H24N2Si/c1-17-11-18(2)13-21(12-17)26-22-10-9-20(14-23(22)27-16-28-26)25-15-19-7-5-6-8-24(19)29(25,3)4/h5-16H,1-4H3. The first-order chi connectivity index (χ1) is 13.9. The molecule has 0 unspecified atom stereocenters. The van der Waals surface area contributed by atoms with Crippen LogP contribution in [0, 0.1) is 13.8 Å². The molecular formula is C26H24N2Si. The van der Waals surface area contributed by atoms with Crippen LogP contribution in [0.3, 0.4) is 0 Å². The molecule has 0 amide bonds. The van der Waals surface area contributed by atoms with Gasteiger partial charge in [-0.05, 0) is 53.6 Å². The highest BCUT2D eigenvalue weighted by Crippen LogP contribution is 2.36. The van der Waals surface area contributed by atoms with Gasteiger partial charge in [0, 0.05) is 10.9 Å². The van der Waals surface area contributed by atoms with Crippen LogP contribution in [-0.2, 0) is 0 Å². The number of fused-ring (bicyclic) bond motifs is 2. The molecule has 0 saturated carbocycles. The molecule has 4 aromatic rings. The van der Waals surface area contributed by atoms with Crippen LogP contribution in [0.4, 0.5) is 0 Å². The van der Waals surface area contributed by atoms with Crippen LogP contribution in [0.25, 0.3) is 33.4 Å². The summed E-state index contributed by atoms with van der Waals surface area (Å²) in [5.41, 5.74) is 8.34. The van der Waals surface area contributed by atoms with E-state index < -0.39 is 8.07 Å². The van der Waals surface area contributed by atoms with Crippen molar-refractivity contribution in [3.05, 3.63) is 89.2 Å². The van der Waals surface area contributed by atoms with Crippen molar-refractivity contribution in [2.75, 3.05) is 0 Å². The van der Waals surface area contributed by atoms with Crippen molar-refractivity contribution in [3.63, 3.8) is 0 Å². The van der Waals surface area contributed by atoms with Crippen LogP contribution in [-0.4, -0.2) is 18.0 Å². The zero-order valence-electron chi connectivity index (χ0n) is 17.3. The fraction of sp³-hybridized carbons (Fsp3) is 0.154. The van der Waals surface area contributed by atoms with Gasteiger partial charge in [-0.25, -0.2) is 9.97 Å². The first kappa shape index (κ1) is 18.0. The quantitative estimate of drug-likeness (QED) is 0.396. The van der Waals surface area contributed by atoms with Gasteiger partial charge in [0.05, 0.1) is 11.2 Å². The first-order valence-corrected chi connectivity index (χ1v) is 13.1. The number of nitrogens with zero attached hydrogens (tertiary/aromatic N) is 2. The minimum Gasteiger partial charge on any atom is -0.236 e. The molecule has 0 saturated heterocycles. The molecule has 5 rings (SSSR count). The summed E-state index contributed by atoms with van der Waals surface area (Å²) < 4.78 is 0. The van der Waals surface area contributed by atoms with Gasteiger partial charge in [-0.2, -0.15) is 0 Å². The Balaban J connectivity index is 1.65. The minimum absolute atomic E-state index is 1.01. The highest BCUT2D eigenvalue weighted by Gasteiger charge is 2.35. The van der Waals surface area contributed by atoms with Crippen molar-refractivity contribution in [2.45, 2.75) is 26.9 Å². The van der Waals surface area contributed by atoms with Gasteiger partial charge in [0.2, 0.25) is 0 Å². The lowest BCUT2D eigenvalue weighted by Crippen LogP contribution is -2.40. The van der Waals surface area contributed by atoms with Gasteiger partial charge in [-0.15, -0.1) is 0 Å². The molecule has 0 bridgehead atoms. The molecule has 1 aliphatic heterocycles. The highest BCUT2D eigenvalue weighted by atomic mass is 28.3. The molecular weight excluding hydrogens is 368 g/mol. The molecule has 2 heterocycles. The predicted molar refractivity (Wildman–Crippen MR) is 126 cm³/mol. The molecule has 0 spiro atoms. The van der Waals surface area contributed by atoms with Gasteiger partial charge in [0.15, 0.2) is 0 Å². The van der Waals surface area contributed by atoms with Gasteiger partial charge >= 0.3 is 0 Å². The van der Waals surface area contributed by atoms with Crippen molar-refractivity contribution in [1.29, 1.82) is 0 Å². The summed E-state index contributed by atoms with van der Waals surface area (Å²) in [6.07, 6.45) is 4.08. The summed E-state index contributed by atoms with van der Waals surface area (Å²) in [4.78, 5) is 9.25. The van der Waals surface area contributed by atoms with E-state index >= 15 is 0 Å². The van der Waals surface area contributed by atoms with Crippen LogP contribution in [0.2, 0.25) is 13.1 Å². The van der Waals surface area contributed by atoms with E-state index in [1.165, 1.54) is 32.6 Å². The Morgan fingerprint density at radius 3 is 2.28 bits per heavy atom. The van der Waals surface area contributed by atoms with E-state index in [4.69, 9.17) is 0 Å². The lowest BCUT2D eigenvalue weighted by Gasteiger charge is -2.22. The molecule has 1 aliphatic rings. The molecule has 29 heavy (non-hydrogen) atoms. The van der Waals surface area contributed by atoms with Crippen molar-refractivity contribution in [2.24, 2.45) is 0 Å². The molecule has 0 atom stereocenters. The van der Waals surface area contributed by atoms with Crippen molar-refractivity contribution in [3.8, 4) is 11.3 Å². The summed E-state index contributed by atoms with van der Waals surface area (Å²) in [5.74, 6) is 0. The second-order valence-corrected chi connectivity index (χ2v) is 12.9. The molecule has 0 aliphatic carbocycles. The average molecular weight is 393 g/mol. The Morgan fingerprint density at radius 1 is 0.759 bits per heavy atom. The number of aromatic nitrogens is 2. The van der Waals surface area contributed by atoms with E-state index in [0.717, 1.165) is 22.2 Å². The maximum Gasteiger partial charge on any atom is 0.116 e. The van der Waals surface area contributed by atoms with Gasteiger partial charge in [-0.3, -0.25) is 0 Å². The molecule has 142 valence electrons. The zero-order valence-corrected chi connectivity index (χ0v) is 18.3. The Hall–Kier alpha value is -3.04. The normalized spacial score (nSPS) is 14.7. The second kappa shape index (κ2) is 6.50. The van der Waals surface area contributed by atoms with Gasteiger partial charge < -0.3 is 0 Å². The zero-order chi connectivity index (χ0) is 20.2. The summed E-state index contributed by atoms with van der Waals surface area (Å²) in [6, 6.07) is 22.1. The van der Waals surface area contributed by atoms with E-state index in [0.29, 0.717) is 0 Å². The third-order valence-electron chi connectivity index (χ3n) is 6.05. The van der Waals surface area contributed by atoms with Crippen LogP contribution in [0.5, 0.6) is 0 Å². The van der Waals surface area contributed by atoms with E-state index in [-0.39, 0.29) is 0 Å². The Morgan fingerprint density at radius 2 is 1.52 bits per heavy atom. The third kappa shape index (κ3) is 2.93. The number of aryl methyl sites for hydroxylation is 2. The van der Waals surface area contributed by atoms with Crippen molar-refractivity contribution in [1.82, 2.24) is 9.97 Å². The summed E-state index contributed by atoms with van der Waals surface area (Å²) in [7, 11) is -1.69. The number of hydrogen-bond acceptors (Lipinski definition) is 2. The Bertz CT molecular complexity index is 1280. The topological polar surface area (TPSA) is 25.8 Å². The molecule has 0 fully saturated rings. The van der Waals surface area contributed by atoms with Crippen LogP contribution in [0.15, 0.2) is 67.0 Å². The average Bonchev–Trinajstić information content (AvgIpc) is 2.97. The fourth-order valence-corrected chi connectivity index (χ4v) is 7.76. The molecule has 0 radical (unpaired) electrons. The Kier molecular flexibility index (Phi) is 4.04. The Labute approximate surface area is 173 Å². The van der Waals surface area contributed by atoms with Gasteiger partial charge in [0.1, 0.15) is 14.4 Å². The summed E-state index contributed by atoms with van der Waals surface area (Å²) in [6.45, 7) is 9.15. The SMILES string of the molecule is Cc1cc(C)cc(-c2ncnc3cc(C4=Cc5ccccc5[Si]4(C)C)ccc23)c1. The summed E-state index contributed by atoms with van der Waals surface area (Å²) in [5, 5.41) is 4.11. The first-order valence-electron chi connectivity index (χ1n) is 10.1. The fourth-order valence-electron chi connectivity index (χ4n) is 4.68. The van der Waals surface area contributed by atoms with Gasteiger partial charge in [0.25, 0.3) is 0 Å². The van der Waals surface area contributed by atoms with Crippen LogP contribution in [0.1, 0.15) is 22.3 Å². The van der Waals surface area contributed by atoms with E-state index in [2.05, 4.69) is 104 Å². The molecule has 1 aromatic heterocycles. The maximum absolute atomic E-state index is 4.63. The lowest BCUT2D eigenvalue weighted by molar-refractivity contribution is 1.22. The number of rotatable bonds is 2. The predicted octanol–water partition coefficient (Wildman–Crippen LogP) is 5.92. The smallest absolute Gasteiger partial charge is 0.116 e. The monoisotopic (exact) mass is 392 g/mol. The van der Waals surface area contributed by atoms with Crippen molar-refractivity contribution < 1.29 is 0 Å². The molecule has 3 heteroatoms. The van der Waals surface area contributed by atoms with Gasteiger partial charge in [-0.1, -0.05) is 72.8 Å². The maximum atomic E-state index is 4.63. The van der Waals surface area contributed by atoms with Crippen molar-refractivity contribution >= 4 is 35.4 Å². The van der Waals surface area contributed by atoms with Crippen LogP contribution >= 0.6 is 0 Å². The second-order valence-electron chi connectivity index (χ2n) is 8.60. The summed E-state index contributed by atoms with van der Waals surface area (Å²) >= 11 is 0. The largest absolute Gasteiger partial charge is 0.236 e. The third-order valence-corrected chi connectivity index (χ3v) is 9.63. The minimum atomic E-state index is -1.69. The van der Waals surface area contributed by atoms with E-state index in [9.17, 15) is 0 Å². The molecule has 0 N–H and O–H groups in total. The van der Waals surface area contributed by atoms with E-state index in [1.54, 1.807) is 6.33 Å².